The molecule has 0 amide bonds. The van der Waals surface area contributed by atoms with E-state index < -0.39 is 10.9 Å². The standard InChI is InChI=1S/C15H15FN5O2S/c1-9(17)15-19-13-4-3-10(16)5-14(13)21(15)12-6-11(7-18-8-12)20-24(22)23-2/h3-9H,17H2,1-2H3/q-1. The Morgan fingerprint density at radius 2 is 2.17 bits per heavy atom. The number of imidazole rings is 1. The highest BCUT2D eigenvalue weighted by Gasteiger charge is 2.16. The summed E-state index contributed by atoms with van der Waals surface area (Å²) in [5, 5.41) is 0. The van der Waals surface area contributed by atoms with Crippen LogP contribution in [0.4, 0.5) is 10.1 Å². The molecule has 0 spiro atoms. The summed E-state index contributed by atoms with van der Waals surface area (Å²) in [5.41, 5.74) is 8.14. The predicted octanol–water partition coefficient (Wildman–Crippen LogP) is 2.92. The molecule has 0 saturated carbocycles. The van der Waals surface area contributed by atoms with Gasteiger partial charge in [0.15, 0.2) is 0 Å². The van der Waals surface area contributed by atoms with E-state index in [0.29, 0.717) is 28.2 Å². The van der Waals surface area contributed by atoms with Crippen molar-refractivity contribution < 1.29 is 12.8 Å². The molecule has 24 heavy (non-hydrogen) atoms. The summed E-state index contributed by atoms with van der Waals surface area (Å²) in [7, 11) is -0.514. The van der Waals surface area contributed by atoms with Crippen molar-refractivity contribution in [3.8, 4) is 5.69 Å². The number of nitrogens with zero attached hydrogens (tertiary/aromatic N) is 4. The van der Waals surface area contributed by atoms with Crippen LogP contribution in [0.5, 0.6) is 0 Å². The highest BCUT2D eigenvalue weighted by molar-refractivity contribution is 7.69. The fourth-order valence-corrected chi connectivity index (χ4v) is 2.70. The quantitative estimate of drug-likeness (QED) is 0.731. The van der Waals surface area contributed by atoms with Gasteiger partial charge >= 0.3 is 0 Å². The Balaban J connectivity index is 2.25. The lowest BCUT2D eigenvalue weighted by molar-refractivity contribution is 0.438. The van der Waals surface area contributed by atoms with Gasteiger partial charge in [0.25, 0.3) is 0 Å². The van der Waals surface area contributed by atoms with E-state index in [9.17, 15) is 8.60 Å². The molecular weight excluding hydrogens is 333 g/mol. The summed E-state index contributed by atoms with van der Waals surface area (Å²) in [6.07, 6.45) is 3.03. The first-order chi connectivity index (χ1) is 11.5. The van der Waals surface area contributed by atoms with Gasteiger partial charge in [-0.05, 0) is 25.1 Å². The van der Waals surface area contributed by atoms with Crippen LogP contribution in [0.25, 0.3) is 16.7 Å². The summed E-state index contributed by atoms with van der Waals surface area (Å²) in [6.45, 7) is 1.79. The molecule has 2 N–H and O–H groups in total. The highest BCUT2D eigenvalue weighted by Crippen LogP contribution is 2.26. The normalized spacial score (nSPS) is 14.2. The second kappa shape index (κ2) is 6.63. The van der Waals surface area contributed by atoms with Gasteiger partial charge in [-0.15, -0.1) is 0 Å². The molecule has 1 atom stereocenters. The van der Waals surface area contributed by atoms with Gasteiger partial charge in [0.05, 0.1) is 40.8 Å². The Hall–Kier alpha value is -2.36. The zero-order valence-electron chi connectivity index (χ0n) is 13.0. The van der Waals surface area contributed by atoms with Crippen LogP contribution in [0.2, 0.25) is 0 Å². The first-order valence-electron chi connectivity index (χ1n) is 7.06. The lowest BCUT2D eigenvalue weighted by atomic mass is 10.3. The summed E-state index contributed by atoms with van der Waals surface area (Å²) in [4.78, 5) is 8.56. The number of pyridine rings is 1. The smallest absolute Gasteiger partial charge is 0.131 e. The fourth-order valence-electron chi connectivity index (χ4n) is 2.36. The van der Waals surface area contributed by atoms with E-state index in [1.807, 2.05) is 0 Å². The Morgan fingerprint density at radius 3 is 2.88 bits per heavy atom. The van der Waals surface area contributed by atoms with Crippen LogP contribution in [0, 0.1) is 5.82 Å². The molecule has 0 aliphatic heterocycles. The van der Waals surface area contributed by atoms with Gasteiger partial charge < -0.3 is 18.5 Å². The van der Waals surface area contributed by atoms with E-state index in [1.54, 1.807) is 29.8 Å². The van der Waals surface area contributed by atoms with Crippen LogP contribution in [0.3, 0.4) is 0 Å². The summed E-state index contributed by atoms with van der Waals surface area (Å²) < 4.78 is 35.3. The lowest BCUT2D eigenvalue weighted by Crippen LogP contribution is -2.12. The molecule has 0 bridgehead atoms. The largest absolute Gasteiger partial charge is 0.441 e. The van der Waals surface area contributed by atoms with Gasteiger partial charge in [-0.3, -0.25) is 9.55 Å². The number of nitrogens with two attached hydrogens (primary N) is 1. The van der Waals surface area contributed by atoms with Crippen molar-refractivity contribution in [2.75, 3.05) is 7.11 Å². The summed E-state index contributed by atoms with van der Waals surface area (Å²) in [6, 6.07) is 5.59. The molecule has 2 heterocycles. The Bertz CT molecular complexity index is 979. The van der Waals surface area contributed by atoms with Crippen molar-refractivity contribution in [2.45, 2.75) is 13.0 Å². The minimum atomic E-state index is -1.80. The third-order valence-electron chi connectivity index (χ3n) is 3.34. The van der Waals surface area contributed by atoms with Gasteiger partial charge in [0.2, 0.25) is 0 Å². The van der Waals surface area contributed by atoms with E-state index in [2.05, 4.69) is 18.5 Å². The van der Waals surface area contributed by atoms with Crippen molar-refractivity contribution in [1.82, 2.24) is 14.5 Å². The molecule has 3 aromatic rings. The number of benzene rings is 1. The van der Waals surface area contributed by atoms with Gasteiger partial charge in [0.1, 0.15) is 11.6 Å². The molecule has 1 unspecified atom stereocenters. The maximum Gasteiger partial charge on any atom is 0.131 e. The first kappa shape index (κ1) is 16.5. The van der Waals surface area contributed by atoms with Crippen LogP contribution < -0.4 is 5.73 Å². The number of halogens is 1. The molecule has 1 aromatic carbocycles. The topological polar surface area (TPSA) is 95.4 Å². The summed E-state index contributed by atoms with van der Waals surface area (Å²) >= 11 is 0. The zero-order chi connectivity index (χ0) is 17.3. The number of hydrogen-bond acceptors (Lipinski definition) is 7. The molecule has 0 fully saturated rings. The first-order valence-corrected chi connectivity index (χ1v) is 8.10. The molecule has 0 saturated heterocycles. The molecule has 3 rings (SSSR count). The molecule has 7 nitrogen and oxygen atoms in total. The van der Waals surface area contributed by atoms with Crippen LogP contribution in [0.15, 0.2) is 41.0 Å². The Morgan fingerprint density at radius 1 is 1.38 bits per heavy atom. The molecule has 126 valence electrons. The minimum Gasteiger partial charge on any atom is -0.441 e. The number of hydrogen-bond donors (Lipinski definition) is 1. The highest BCUT2D eigenvalue weighted by atomic mass is 32.2. The number of rotatable bonds is 4. The van der Waals surface area contributed by atoms with Gasteiger partial charge in [-0.25, -0.2) is 9.37 Å². The van der Waals surface area contributed by atoms with Crippen LogP contribution in [-0.2, 0) is 19.3 Å². The average Bonchev–Trinajstić information content (AvgIpc) is 2.93. The fraction of sp³-hybridized carbons (Fsp3) is 0.200. The third-order valence-corrected chi connectivity index (χ3v) is 3.98. The average molecular weight is 348 g/mol. The van der Waals surface area contributed by atoms with Crippen molar-refractivity contribution in [3.63, 3.8) is 0 Å². The minimum absolute atomic E-state index is 0.363. The Labute approximate surface area is 139 Å². The second-order valence-corrected chi connectivity index (χ2v) is 6.05. The monoisotopic (exact) mass is 348 g/mol. The SMILES string of the molecule is CO[S-](=O)=Nc1cncc(-n2c(C(C)N)nc3ccc(F)cc32)c1. The summed E-state index contributed by atoms with van der Waals surface area (Å²) in [5.74, 6) is 0.177. The zero-order valence-corrected chi connectivity index (χ0v) is 13.8. The predicted molar refractivity (Wildman–Crippen MR) is 88.6 cm³/mol. The lowest BCUT2D eigenvalue weighted by Gasteiger charge is -2.12. The van der Waals surface area contributed by atoms with E-state index in [1.165, 1.54) is 25.4 Å². The Kier molecular flexibility index (Phi) is 4.56. The molecule has 9 heteroatoms. The van der Waals surface area contributed by atoms with Crippen molar-refractivity contribution >= 4 is 27.6 Å². The maximum absolute atomic E-state index is 13.7. The van der Waals surface area contributed by atoms with E-state index in [-0.39, 0.29) is 11.9 Å². The van der Waals surface area contributed by atoms with Crippen molar-refractivity contribution in [2.24, 2.45) is 10.1 Å². The van der Waals surface area contributed by atoms with Gasteiger partial charge in [0, 0.05) is 13.2 Å². The molecule has 2 aromatic heterocycles. The van der Waals surface area contributed by atoms with Crippen molar-refractivity contribution in [3.05, 3.63) is 48.3 Å². The van der Waals surface area contributed by atoms with Crippen LogP contribution in [0.1, 0.15) is 18.8 Å². The number of fused-ring (bicyclic) bond motifs is 1. The van der Waals surface area contributed by atoms with E-state index >= 15 is 0 Å². The van der Waals surface area contributed by atoms with Gasteiger partial charge in [-0.1, -0.05) is 10.9 Å². The number of aromatic nitrogens is 3. The second-order valence-electron chi connectivity index (χ2n) is 5.10. The third kappa shape index (κ3) is 3.14. The molecule has 0 aliphatic rings. The van der Waals surface area contributed by atoms with Crippen LogP contribution in [-0.4, -0.2) is 21.6 Å². The molecule has 0 radical (unpaired) electrons. The van der Waals surface area contributed by atoms with E-state index in [4.69, 9.17) is 5.73 Å². The van der Waals surface area contributed by atoms with Gasteiger partial charge in [-0.2, -0.15) is 0 Å². The maximum atomic E-state index is 13.7. The molecular formula is C15H15FN5O2S-. The molecule has 0 aliphatic carbocycles. The van der Waals surface area contributed by atoms with E-state index in [0.717, 1.165) is 0 Å². The van der Waals surface area contributed by atoms with Crippen molar-refractivity contribution in [1.29, 1.82) is 0 Å². The van der Waals surface area contributed by atoms with Crippen LogP contribution >= 0.6 is 0 Å².